The maximum atomic E-state index is 13.0. The van der Waals surface area contributed by atoms with E-state index in [1.165, 1.54) is 4.91 Å². The van der Waals surface area contributed by atoms with Crippen LogP contribution in [0.3, 0.4) is 0 Å². The molecule has 1 aromatic rings. The first-order valence-corrected chi connectivity index (χ1v) is 11.3. The minimum absolute atomic E-state index is 0.0412. The summed E-state index contributed by atoms with van der Waals surface area (Å²) < 4.78 is 29.0. The van der Waals surface area contributed by atoms with Crippen LogP contribution in [0.5, 0.6) is 0 Å². The van der Waals surface area contributed by atoms with Crippen LogP contribution >= 0.6 is 11.8 Å². The van der Waals surface area contributed by atoms with Gasteiger partial charge in [-0.1, -0.05) is 77.5 Å². The number of nitrogens with one attached hydrogen (secondary N) is 1. The van der Waals surface area contributed by atoms with Crippen LogP contribution in [0.1, 0.15) is 47.1 Å². The predicted molar refractivity (Wildman–Crippen MR) is 113 cm³/mol. The Labute approximate surface area is 163 Å². The third-order valence-corrected chi connectivity index (χ3v) is 6.95. The summed E-state index contributed by atoms with van der Waals surface area (Å²) in [5.41, 5.74) is 0.816. The van der Waals surface area contributed by atoms with E-state index in [2.05, 4.69) is 58.4 Å². The van der Waals surface area contributed by atoms with Gasteiger partial charge in [-0.05, 0) is 29.4 Å². The van der Waals surface area contributed by atoms with Gasteiger partial charge in [-0.2, -0.15) is 0 Å². The number of aryl methyl sites for hydroxylation is 1. The lowest BCUT2D eigenvalue weighted by molar-refractivity contribution is 0.268. The zero-order chi connectivity index (χ0) is 19.8. The summed E-state index contributed by atoms with van der Waals surface area (Å²) in [7, 11) is -3.58. The molecule has 144 valence electrons. The number of allylic oxidation sites excluding steroid dienone is 2. The Morgan fingerprint density at radius 2 is 1.62 bits per heavy atom. The van der Waals surface area contributed by atoms with Crippen molar-refractivity contribution in [1.29, 1.82) is 0 Å². The Balaban J connectivity index is 2.33. The van der Waals surface area contributed by atoms with Gasteiger partial charge in [-0.3, -0.25) is 0 Å². The predicted octanol–water partition coefficient (Wildman–Crippen LogP) is 5.29. The topological polar surface area (TPSA) is 46.2 Å². The van der Waals surface area contributed by atoms with Crippen molar-refractivity contribution < 1.29 is 8.42 Å². The van der Waals surface area contributed by atoms with Crippen molar-refractivity contribution in [3.8, 4) is 0 Å². The number of benzene rings is 1. The summed E-state index contributed by atoms with van der Waals surface area (Å²) in [5.74, 6) is 0.0412. The second kappa shape index (κ2) is 7.53. The molecule has 0 amide bonds. The average molecular weight is 394 g/mol. The van der Waals surface area contributed by atoms with Crippen molar-refractivity contribution in [2.45, 2.75) is 64.2 Å². The van der Waals surface area contributed by atoms with Crippen LogP contribution < -0.4 is 4.72 Å². The summed E-state index contributed by atoms with van der Waals surface area (Å²) in [6, 6.07) is 6.77. The van der Waals surface area contributed by atoms with Gasteiger partial charge < -0.3 is 0 Å². The maximum absolute atomic E-state index is 13.0. The first-order chi connectivity index (χ1) is 11.8. The summed E-state index contributed by atoms with van der Waals surface area (Å²) >= 11 is 1.80. The molecule has 1 aromatic carbocycles. The number of thioether (sulfide) groups is 1. The number of sulfonamides is 1. The van der Waals surface area contributed by atoms with Crippen molar-refractivity contribution in [3.05, 3.63) is 53.0 Å². The molecule has 1 aliphatic rings. The smallest absolute Gasteiger partial charge is 0.207 e. The molecule has 1 N–H and O–H groups in total. The molecular formula is C21H31NO2S2. The Kier molecular flexibility index (Phi) is 6.16. The van der Waals surface area contributed by atoms with Gasteiger partial charge in [0.25, 0.3) is 0 Å². The molecule has 0 aliphatic heterocycles. The Morgan fingerprint density at radius 1 is 1.04 bits per heavy atom. The number of hydrogen-bond acceptors (Lipinski definition) is 3. The lowest BCUT2D eigenvalue weighted by atomic mass is 9.80. The van der Waals surface area contributed by atoms with E-state index >= 15 is 0 Å². The molecule has 0 aromatic heterocycles. The van der Waals surface area contributed by atoms with E-state index in [9.17, 15) is 8.42 Å². The van der Waals surface area contributed by atoms with Crippen LogP contribution in [-0.4, -0.2) is 19.2 Å². The molecule has 0 radical (unpaired) electrons. The normalized spacial score (nSPS) is 19.5. The SMILES string of the molecule is Cc1ccc(S(=O)(=O)N[C@@H](C2C=CC=C2SC(C)(C)C)C(C)(C)C)cc1. The molecule has 2 rings (SSSR count). The number of rotatable bonds is 5. The van der Waals surface area contributed by atoms with Crippen LogP contribution in [-0.2, 0) is 10.0 Å². The molecule has 26 heavy (non-hydrogen) atoms. The third-order valence-electron chi connectivity index (χ3n) is 4.24. The molecule has 0 spiro atoms. The van der Waals surface area contributed by atoms with Crippen molar-refractivity contribution in [1.82, 2.24) is 4.72 Å². The van der Waals surface area contributed by atoms with E-state index in [1.54, 1.807) is 23.9 Å². The van der Waals surface area contributed by atoms with Crippen molar-refractivity contribution in [3.63, 3.8) is 0 Å². The van der Waals surface area contributed by atoms with Crippen LogP contribution in [0.25, 0.3) is 0 Å². The molecule has 0 fully saturated rings. The molecule has 3 nitrogen and oxygen atoms in total. The van der Waals surface area contributed by atoms with Gasteiger partial charge in [0.1, 0.15) is 0 Å². The summed E-state index contributed by atoms with van der Waals surface area (Å²) in [6.07, 6.45) is 6.26. The van der Waals surface area contributed by atoms with Crippen LogP contribution in [0, 0.1) is 18.3 Å². The Hall–Kier alpha value is -1.04. The van der Waals surface area contributed by atoms with Gasteiger partial charge in [-0.25, -0.2) is 13.1 Å². The molecule has 2 atom stereocenters. The summed E-state index contributed by atoms with van der Waals surface area (Å²) in [6.45, 7) is 14.7. The highest BCUT2D eigenvalue weighted by molar-refractivity contribution is 8.04. The minimum atomic E-state index is -3.58. The summed E-state index contributed by atoms with van der Waals surface area (Å²) in [5, 5.41) is 0. The molecule has 0 saturated carbocycles. The van der Waals surface area contributed by atoms with Gasteiger partial charge in [0.2, 0.25) is 10.0 Å². The highest BCUT2D eigenvalue weighted by Gasteiger charge is 2.38. The number of hydrogen-bond donors (Lipinski definition) is 1. The van der Waals surface area contributed by atoms with E-state index < -0.39 is 10.0 Å². The minimum Gasteiger partial charge on any atom is -0.207 e. The quantitative estimate of drug-likeness (QED) is 0.739. The van der Waals surface area contributed by atoms with Crippen molar-refractivity contribution >= 4 is 21.8 Å². The summed E-state index contributed by atoms with van der Waals surface area (Å²) in [4.78, 5) is 1.53. The molecule has 0 heterocycles. The second-order valence-electron chi connectivity index (χ2n) is 8.97. The average Bonchev–Trinajstić information content (AvgIpc) is 2.89. The van der Waals surface area contributed by atoms with Gasteiger partial charge >= 0.3 is 0 Å². The second-order valence-corrected chi connectivity index (χ2v) is 12.6. The van der Waals surface area contributed by atoms with E-state index in [0.29, 0.717) is 4.90 Å². The van der Waals surface area contributed by atoms with Crippen LogP contribution in [0.15, 0.2) is 52.3 Å². The Morgan fingerprint density at radius 3 is 2.12 bits per heavy atom. The molecule has 5 heteroatoms. The fraction of sp³-hybridized carbons (Fsp3) is 0.524. The zero-order valence-corrected chi connectivity index (χ0v) is 18.5. The monoisotopic (exact) mass is 393 g/mol. The van der Waals surface area contributed by atoms with Gasteiger partial charge in [0.05, 0.1) is 4.90 Å². The first kappa shape index (κ1) is 21.3. The largest absolute Gasteiger partial charge is 0.240 e. The van der Waals surface area contributed by atoms with E-state index in [-0.39, 0.29) is 22.1 Å². The van der Waals surface area contributed by atoms with Crippen molar-refractivity contribution in [2.24, 2.45) is 11.3 Å². The van der Waals surface area contributed by atoms with Crippen LogP contribution in [0.4, 0.5) is 0 Å². The fourth-order valence-corrected chi connectivity index (χ4v) is 5.62. The lowest BCUT2D eigenvalue weighted by Gasteiger charge is -2.37. The molecule has 1 aliphatic carbocycles. The molecular weight excluding hydrogens is 362 g/mol. The third kappa shape index (κ3) is 5.48. The maximum Gasteiger partial charge on any atom is 0.240 e. The highest BCUT2D eigenvalue weighted by Crippen LogP contribution is 2.43. The van der Waals surface area contributed by atoms with Crippen LogP contribution in [0.2, 0.25) is 0 Å². The van der Waals surface area contributed by atoms with E-state index in [0.717, 1.165) is 5.56 Å². The van der Waals surface area contributed by atoms with Gasteiger partial charge in [0.15, 0.2) is 0 Å². The van der Waals surface area contributed by atoms with Crippen molar-refractivity contribution in [2.75, 3.05) is 0 Å². The molecule has 0 bridgehead atoms. The van der Waals surface area contributed by atoms with Gasteiger partial charge in [-0.15, -0.1) is 11.8 Å². The van der Waals surface area contributed by atoms with Gasteiger partial charge in [0, 0.05) is 16.7 Å². The first-order valence-electron chi connectivity index (χ1n) is 8.96. The standard InChI is InChI=1S/C21H31NO2S2/c1-15-11-13-16(14-12-15)26(23,24)22-19(20(2,3)4)17-9-8-10-18(17)25-21(5,6)7/h8-14,17,19,22H,1-7H3/t17?,19-/m0/s1. The zero-order valence-electron chi connectivity index (χ0n) is 16.8. The molecule has 0 saturated heterocycles. The lowest BCUT2D eigenvalue weighted by Crippen LogP contribution is -2.48. The Bertz CT molecular complexity index is 792. The fourth-order valence-electron chi connectivity index (χ4n) is 2.95. The van der Waals surface area contributed by atoms with E-state index in [4.69, 9.17) is 0 Å². The molecule has 1 unspecified atom stereocenters. The highest BCUT2D eigenvalue weighted by atomic mass is 32.2. The van der Waals surface area contributed by atoms with E-state index in [1.807, 2.05) is 25.1 Å².